The Labute approximate surface area is 1180 Å². The van der Waals surface area contributed by atoms with Crippen molar-refractivity contribution >= 4 is 0 Å². The van der Waals surface area contributed by atoms with Crippen molar-refractivity contribution in [1.29, 1.82) is 0 Å². The van der Waals surface area contributed by atoms with Gasteiger partial charge >= 0.3 is 0 Å². The van der Waals surface area contributed by atoms with E-state index in [-0.39, 0.29) is 1230 Å². The van der Waals surface area contributed by atoms with Crippen LogP contribution in [-0.4, -0.2) is 0 Å². The van der Waals surface area contributed by atoms with Crippen LogP contribution in [0.15, 0.2) is 0 Å². The normalized spacial score (nSPS) is 0. The molecule has 0 aliphatic rings. The zero-order valence-electron chi connectivity index (χ0n) is 24.4. The van der Waals surface area contributed by atoms with Gasteiger partial charge in [0.1, 0.15) is 0 Å². The molecule has 0 saturated carbocycles. The van der Waals surface area contributed by atoms with Gasteiger partial charge in [-0.1, -0.05) is 0 Å². The molecule has 0 rings (SSSR count). The summed E-state index contributed by atoms with van der Waals surface area (Å²) in [7, 11) is 0. The Kier molecular flexibility index (Phi) is 2300. The molecule has 0 atom stereocenters. The summed E-state index contributed by atoms with van der Waals surface area (Å²) in [5.74, 6) is 0. The Hall–Kier alpha value is 40.8. The van der Waals surface area contributed by atoms with E-state index in [1.807, 2.05) is 0 Å². The van der Waals surface area contributed by atoms with Gasteiger partial charge in [-0.2, -0.15) is 0 Å². The molecule has 0 saturated heterocycles. The molecule has 0 unspecified atom stereocenters. The molecule has 0 aromatic carbocycles. The van der Waals surface area contributed by atoms with E-state index in [2.05, 4.69) is 0 Å². The van der Waals surface area contributed by atoms with Crippen LogP contribution in [-0.2, 0) is 1210 Å². The van der Waals surface area contributed by atoms with E-state index >= 15 is 0 Å². The largest absolute Gasteiger partial charge is 0.358 e. The second-order valence-corrected chi connectivity index (χ2v) is 0. The molecule has 0 amide bonds. The molecule has 0 nitrogen and oxygen atoms in total. The van der Waals surface area contributed by atoms with Crippen molar-refractivity contribution in [3.05, 3.63) is 22.3 Å². The molecule has 37 radical (unpaired) electrons. The van der Waals surface area contributed by atoms with Crippen LogP contribution in [0, 0.1) is 22.3 Å². The van der Waals surface area contributed by atoms with Crippen molar-refractivity contribution in [2.24, 2.45) is 0 Å². The number of hydrogen-bond acceptors (Lipinski definition) is 0. The first kappa shape index (κ1) is 309. The third kappa shape index (κ3) is 286. The minimum atomic E-state index is 0. The molecular formula is C3H9Y37-3. The Balaban J connectivity index is 0. The Morgan fingerprint density at radius 2 is 0.0500 bits per heavy atom. The van der Waals surface area contributed by atoms with Crippen LogP contribution < -0.4 is 0 Å². The SMILES string of the molecule is [CH3-].[CH3-].[CH3-].[Y].[Y].[Y].[Y].[Y].[Y].[Y].[Y].[Y].[Y].[Y].[Y].[Y].[Y].[Y].[Y].[Y].[Y].[Y].[Y].[Y].[Y].[Y].[Y].[Y].[Y].[Y].[Y].[Y].[Y].[Y].[Y].[Y].[Y].[Y].[Y].[Y]. The van der Waals surface area contributed by atoms with Crippen molar-refractivity contribution < 1.29 is 1210 Å². The van der Waals surface area contributed by atoms with E-state index in [1.165, 1.54) is 0 Å². The van der Waals surface area contributed by atoms with E-state index in [1.54, 1.807) is 0 Å². The van der Waals surface area contributed by atoms with Gasteiger partial charge in [0.2, 0.25) is 0 Å². The van der Waals surface area contributed by atoms with Crippen LogP contribution in [0.3, 0.4) is 0 Å². The van der Waals surface area contributed by atoms with Crippen molar-refractivity contribution in [3.8, 4) is 0 Å². The van der Waals surface area contributed by atoms with Crippen molar-refractivity contribution in [1.82, 2.24) is 0 Å². The molecule has 0 aromatic rings. The van der Waals surface area contributed by atoms with Gasteiger partial charge in [-0.25, -0.2) is 0 Å². The van der Waals surface area contributed by atoms with Gasteiger partial charge in [0.05, 0.1) is 0 Å². The standard InChI is InChI=1S/3CH3.37Y/h3*1H3;;;;;;;;;;;;;;;;;;;;;;;;;;;;;;;;;;;;;/q3*-1;;;;;;;;;;;;;;;;;;;;;;;;;;;;;;;;;;;;;. The molecular weight excluding hydrogens is 3330 g/mol. The summed E-state index contributed by atoms with van der Waals surface area (Å²) in [4.78, 5) is 0. The van der Waals surface area contributed by atoms with Crippen LogP contribution in [0.2, 0.25) is 0 Å². The van der Waals surface area contributed by atoms with Gasteiger partial charge < -0.3 is 22.3 Å². The predicted octanol–water partition coefficient (Wildman–Crippen LogP) is 1.26. The zero-order chi connectivity index (χ0) is 0. The van der Waals surface area contributed by atoms with Gasteiger partial charge in [0.25, 0.3) is 0 Å². The van der Waals surface area contributed by atoms with Gasteiger partial charge in [-0.3, -0.25) is 0 Å². The maximum absolute atomic E-state index is 0. The average Bonchev–Trinajstić information content (AvgIpc) is 0. The molecule has 37 heteroatoms. The second kappa shape index (κ2) is 298. The smallest absolute Gasteiger partial charge is 0 e. The van der Waals surface area contributed by atoms with E-state index in [0.29, 0.717) is 0 Å². The molecule has 135 valence electrons. The number of hydrogen-bond donors (Lipinski definition) is 0. The number of rotatable bonds is 0. The van der Waals surface area contributed by atoms with Crippen molar-refractivity contribution in [3.63, 3.8) is 0 Å². The third-order valence-corrected chi connectivity index (χ3v) is 0. The molecule has 0 N–H and O–H groups in total. The fourth-order valence-corrected chi connectivity index (χ4v) is 0. The first-order valence-electron chi connectivity index (χ1n) is 0. The summed E-state index contributed by atoms with van der Waals surface area (Å²) in [5, 5.41) is 0. The summed E-state index contributed by atoms with van der Waals surface area (Å²) in [6, 6.07) is 0. The second-order valence-electron chi connectivity index (χ2n) is 0. The zero-order valence-corrected chi connectivity index (χ0v) is 129. The molecule has 0 aromatic heterocycles. The molecule has 0 fully saturated rings. The first-order chi connectivity index (χ1) is 0. The Bertz CT molecular complexity index is 15.4. The fraction of sp³-hybridized carbons (Fsp3) is 0. The predicted molar refractivity (Wildman–Crippen MR) is 19.2 cm³/mol. The van der Waals surface area contributed by atoms with Crippen molar-refractivity contribution in [2.45, 2.75) is 0 Å². The van der Waals surface area contributed by atoms with E-state index < -0.39 is 0 Å². The summed E-state index contributed by atoms with van der Waals surface area (Å²) in [6.07, 6.45) is 0. The summed E-state index contributed by atoms with van der Waals surface area (Å²) in [5.41, 5.74) is 0. The Morgan fingerprint density at radius 3 is 0.0500 bits per heavy atom. The minimum absolute atomic E-state index is 0. The van der Waals surface area contributed by atoms with Crippen LogP contribution in [0.4, 0.5) is 0 Å². The third-order valence-electron chi connectivity index (χ3n) is 0. The van der Waals surface area contributed by atoms with E-state index in [9.17, 15) is 0 Å². The summed E-state index contributed by atoms with van der Waals surface area (Å²) in [6.45, 7) is 0. The van der Waals surface area contributed by atoms with Gasteiger partial charge in [-0.05, 0) is 0 Å². The molecule has 0 aliphatic carbocycles. The topological polar surface area (TPSA) is 0 Å². The maximum Gasteiger partial charge on any atom is 0 e. The quantitative estimate of drug-likeness (QED) is 0.322. The van der Waals surface area contributed by atoms with Crippen LogP contribution in [0.25, 0.3) is 0 Å². The Morgan fingerprint density at radius 1 is 0.0500 bits per heavy atom. The van der Waals surface area contributed by atoms with Crippen LogP contribution in [0.1, 0.15) is 0 Å². The first-order valence-corrected chi connectivity index (χ1v) is 0. The van der Waals surface area contributed by atoms with Crippen molar-refractivity contribution in [2.75, 3.05) is 0 Å². The van der Waals surface area contributed by atoms with Gasteiger partial charge in [0.15, 0.2) is 0 Å². The van der Waals surface area contributed by atoms with Gasteiger partial charge in [-0.15, -0.1) is 0 Å². The van der Waals surface area contributed by atoms with E-state index in [0.717, 1.165) is 0 Å². The molecule has 0 aliphatic heterocycles. The average molecular weight is 3330 g/mol. The van der Waals surface area contributed by atoms with E-state index in [4.69, 9.17) is 0 Å². The molecule has 0 heterocycles. The van der Waals surface area contributed by atoms with Crippen LogP contribution in [0.5, 0.6) is 0 Å². The summed E-state index contributed by atoms with van der Waals surface area (Å²) < 4.78 is 0. The fourth-order valence-electron chi connectivity index (χ4n) is 0. The molecule has 0 bridgehead atoms. The van der Waals surface area contributed by atoms with Crippen LogP contribution >= 0.6 is 0 Å². The molecule has 40 heavy (non-hydrogen) atoms. The monoisotopic (exact) mass is 3330 g/mol. The summed E-state index contributed by atoms with van der Waals surface area (Å²) >= 11 is 0. The van der Waals surface area contributed by atoms with Gasteiger partial charge in [0, 0.05) is 1210 Å². The maximum atomic E-state index is 0. The minimum Gasteiger partial charge on any atom is -0.358 e. The molecule has 0 spiro atoms.